The van der Waals surface area contributed by atoms with Gasteiger partial charge in [0.1, 0.15) is 5.03 Å². The van der Waals surface area contributed by atoms with Crippen molar-refractivity contribution in [1.82, 2.24) is 14.8 Å². The molecule has 2 amide bonds. The highest BCUT2D eigenvalue weighted by atomic mass is 32.2. The molecule has 140 valence electrons. The third-order valence-corrected chi connectivity index (χ3v) is 5.99. The lowest BCUT2D eigenvalue weighted by Gasteiger charge is -2.32. The lowest BCUT2D eigenvalue weighted by Crippen LogP contribution is -2.47. The van der Waals surface area contributed by atoms with Crippen LogP contribution in [0.5, 0.6) is 0 Å². The van der Waals surface area contributed by atoms with Crippen molar-refractivity contribution in [2.24, 2.45) is 0 Å². The fraction of sp³-hybridized carbons (Fsp3) is 0.350. The molecule has 0 radical (unpaired) electrons. The first-order chi connectivity index (χ1) is 13.1. The molecule has 0 bridgehead atoms. The summed E-state index contributed by atoms with van der Waals surface area (Å²) in [5, 5.41) is 0.888. The Labute approximate surface area is 163 Å². The molecule has 0 saturated carbocycles. The van der Waals surface area contributed by atoms with Gasteiger partial charge in [-0.25, -0.2) is 4.98 Å². The van der Waals surface area contributed by atoms with Crippen LogP contribution in [0.4, 0.5) is 5.69 Å². The minimum atomic E-state index is 0.0784. The number of pyridine rings is 1. The SMILES string of the molecule is CN1CCN(C(=O)c2ccc(CN3C(=O)CSc4ncccc43)cc2)CC1. The average Bonchev–Trinajstić information content (AvgIpc) is 2.71. The van der Waals surface area contributed by atoms with E-state index in [4.69, 9.17) is 0 Å². The van der Waals surface area contributed by atoms with Gasteiger partial charge in [0.15, 0.2) is 0 Å². The average molecular weight is 382 g/mol. The van der Waals surface area contributed by atoms with Gasteiger partial charge in [-0.2, -0.15) is 0 Å². The third-order valence-electron chi connectivity index (χ3n) is 5.01. The summed E-state index contributed by atoms with van der Waals surface area (Å²) in [5.41, 5.74) is 2.56. The van der Waals surface area contributed by atoms with Crippen LogP contribution in [0.15, 0.2) is 47.6 Å². The first-order valence-corrected chi connectivity index (χ1v) is 10.1. The molecule has 2 aliphatic heterocycles. The quantitative estimate of drug-likeness (QED) is 0.814. The van der Waals surface area contributed by atoms with E-state index < -0.39 is 0 Å². The molecule has 0 unspecified atom stereocenters. The summed E-state index contributed by atoms with van der Waals surface area (Å²) in [4.78, 5) is 35.3. The van der Waals surface area contributed by atoms with Crippen LogP contribution in [-0.2, 0) is 11.3 Å². The maximum Gasteiger partial charge on any atom is 0.253 e. The number of carbonyl (C=O) groups excluding carboxylic acids is 2. The summed E-state index contributed by atoms with van der Waals surface area (Å²) in [5.74, 6) is 0.567. The van der Waals surface area contributed by atoms with Crippen LogP contribution < -0.4 is 4.90 Å². The van der Waals surface area contributed by atoms with Gasteiger partial charge in [-0.1, -0.05) is 23.9 Å². The zero-order valence-corrected chi connectivity index (χ0v) is 16.1. The summed E-state index contributed by atoms with van der Waals surface area (Å²) in [6, 6.07) is 11.4. The number of fused-ring (bicyclic) bond motifs is 1. The van der Waals surface area contributed by atoms with Gasteiger partial charge in [-0.15, -0.1) is 0 Å². The van der Waals surface area contributed by atoms with E-state index in [0.717, 1.165) is 42.5 Å². The number of piperazine rings is 1. The number of amides is 2. The second-order valence-electron chi connectivity index (χ2n) is 6.89. The highest BCUT2D eigenvalue weighted by Crippen LogP contribution is 2.34. The summed E-state index contributed by atoms with van der Waals surface area (Å²) in [6.45, 7) is 3.83. The number of aromatic nitrogens is 1. The van der Waals surface area contributed by atoms with E-state index in [0.29, 0.717) is 17.9 Å². The van der Waals surface area contributed by atoms with Crippen LogP contribution in [0.1, 0.15) is 15.9 Å². The molecule has 1 aromatic heterocycles. The molecule has 6 nitrogen and oxygen atoms in total. The first-order valence-electron chi connectivity index (χ1n) is 9.07. The predicted octanol–water partition coefficient (Wildman–Crippen LogP) is 2.11. The number of hydrogen-bond acceptors (Lipinski definition) is 5. The molecule has 2 aromatic rings. The number of anilines is 1. The Hall–Kier alpha value is -2.38. The van der Waals surface area contributed by atoms with Gasteiger partial charge in [0, 0.05) is 37.9 Å². The third kappa shape index (κ3) is 3.84. The number of nitrogens with zero attached hydrogens (tertiary/aromatic N) is 4. The number of thioether (sulfide) groups is 1. The van der Waals surface area contributed by atoms with Crippen LogP contribution in [-0.4, -0.2) is 65.6 Å². The molecule has 0 spiro atoms. The van der Waals surface area contributed by atoms with Crippen molar-refractivity contribution < 1.29 is 9.59 Å². The summed E-state index contributed by atoms with van der Waals surface area (Å²) < 4.78 is 0. The van der Waals surface area contributed by atoms with Gasteiger partial charge >= 0.3 is 0 Å². The van der Waals surface area contributed by atoms with Crippen LogP contribution in [0.3, 0.4) is 0 Å². The molecular weight excluding hydrogens is 360 g/mol. The number of likely N-dealkylation sites (N-methyl/N-ethyl adjacent to an activating group) is 1. The normalized spacial score (nSPS) is 17.7. The highest BCUT2D eigenvalue weighted by Gasteiger charge is 2.26. The van der Waals surface area contributed by atoms with Crippen LogP contribution in [0.25, 0.3) is 0 Å². The molecule has 27 heavy (non-hydrogen) atoms. The maximum absolute atomic E-state index is 12.7. The molecule has 3 heterocycles. The fourth-order valence-electron chi connectivity index (χ4n) is 3.34. The van der Waals surface area contributed by atoms with Crippen LogP contribution in [0, 0.1) is 0 Å². The van der Waals surface area contributed by atoms with Crippen molar-refractivity contribution in [3.63, 3.8) is 0 Å². The number of benzene rings is 1. The molecule has 0 N–H and O–H groups in total. The summed E-state index contributed by atoms with van der Waals surface area (Å²) in [7, 11) is 2.07. The van der Waals surface area contributed by atoms with Crippen LogP contribution >= 0.6 is 11.8 Å². The Morgan fingerprint density at radius 3 is 2.59 bits per heavy atom. The number of rotatable bonds is 3. The van der Waals surface area contributed by atoms with Crippen molar-refractivity contribution in [3.8, 4) is 0 Å². The van der Waals surface area contributed by atoms with Gasteiger partial charge in [0.2, 0.25) is 5.91 Å². The van der Waals surface area contributed by atoms with E-state index in [9.17, 15) is 9.59 Å². The van der Waals surface area contributed by atoms with Crippen molar-refractivity contribution in [3.05, 3.63) is 53.7 Å². The Balaban J connectivity index is 1.47. The summed E-state index contributed by atoms with van der Waals surface area (Å²) in [6.07, 6.45) is 1.75. The smallest absolute Gasteiger partial charge is 0.253 e. The van der Waals surface area contributed by atoms with Crippen molar-refractivity contribution in [2.75, 3.05) is 43.9 Å². The monoisotopic (exact) mass is 382 g/mol. The number of hydrogen-bond donors (Lipinski definition) is 0. The Morgan fingerprint density at radius 2 is 1.85 bits per heavy atom. The van der Waals surface area contributed by atoms with E-state index >= 15 is 0 Å². The Morgan fingerprint density at radius 1 is 1.11 bits per heavy atom. The van der Waals surface area contributed by atoms with Gasteiger partial charge in [-0.3, -0.25) is 9.59 Å². The highest BCUT2D eigenvalue weighted by molar-refractivity contribution is 8.00. The molecule has 4 rings (SSSR count). The zero-order chi connectivity index (χ0) is 18.8. The molecule has 2 aliphatic rings. The van der Waals surface area contributed by atoms with Gasteiger partial charge in [0.05, 0.1) is 18.0 Å². The molecule has 7 heteroatoms. The number of carbonyl (C=O) groups is 2. The van der Waals surface area contributed by atoms with E-state index in [1.807, 2.05) is 41.3 Å². The van der Waals surface area contributed by atoms with E-state index in [1.54, 1.807) is 11.1 Å². The van der Waals surface area contributed by atoms with Crippen LogP contribution in [0.2, 0.25) is 0 Å². The largest absolute Gasteiger partial charge is 0.336 e. The minimum Gasteiger partial charge on any atom is -0.336 e. The molecule has 1 saturated heterocycles. The second-order valence-corrected chi connectivity index (χ2v) is 7.85. The Kier molecular flexibility index (Phi) is 5.13. The van der Waals surface area contributed by atoms with E-state index in [1.165, 1.54) is 11.8 Å². The topological polar surface area (TPSA) is 56.8 Å². The molecule has 0 atom stereocenters. The molecule has 0 aliphatic carbocycles. The van der Waals surface area contributed by atoms with Crippen molar-refractivity contribution in [1.29, 1.82) is 0 Å². The predicted molar refractivity (Wildman–Crippen MR) is 106 cm³/mol. The van der Waals surface area contributed by atoms with Gasteiger partial charge in [-0.05, 0) is 36.9 Å². The van der Waals surface area contributed by atoms with E-state index in [-0.39, 0.29) is 11.8 Å². The fourth-order valence-corrected chi connectivity index (χ4v) is 4.22. The minimum absolute atomic E-state index is 0.0784. The molecular formula is C20H22N4O2S. The molecule has 1 aromatic carbocycles. The van der Waals surface area contributed by atoms with Gasteiger partial charge < -0.3 is 14.7 Å². The standard InChI is InChI=1S/C20H22N4O2S/c1-22-9-11-23(12-10-22)20(26)16-6-4-15(5-7-16)13-24-17-3-2-8-21-19(17)27-14-18(24)25/h2-8H,9-14H2,1H3. The summed E-state index contributed by atoms with van der Waals surface area (Å²) >= 11 is 1.48. The lowest BCUT2D eigenvalue weighted by atomic mass is 10.1. The van der Waals surface area contributed by atoms with Gasteiger partial charge in [0.25, 0.3) is 5.91 Å². The maximum atomic E-state index is 12.7. The zero-order valence-electron chi connectivity index (χ0n) is 15.3. The molecule has 1 fully saturated rings. The Bertz CT molecular complexity index is 847. The van der Waals surface area contributed by atoms with Crippen molar-refractivity contribution >= 4 is 29.3 Å². The van der Waals surface area contributed by atoms with Crippen molar-refractivity contribution in [2.45, 2.75) is 11.6 Å². The second kappa shape index (κ2) is 7.70. The van der Waals surface area contributed by atoms with E-state index in [2.05, 4.69) is 16.9 Å². The first kappa shape index (κ1) is 18.0. The lowest BCUT2D eigenvalue weighted by molar-refractivity contribution is -0.116.